The summed E-state index contributed by atoms with van der Waals surface area (Å²) in [7, 11) is -3.83. The number of benzene rings is 2. The first-order chi connectivity index (χ1) is 13.5. The highest BCUT2D eigenvalue weighted by molar-refractivity contribution is 7.92. The molecule has 28 heavy (non-hydrogen) atoms. The average Bonchev–Trinajstić information content (AvgIpc) is 2.73. The summed E-state index contributed by atoms with van der Waals surface area (Å²) in [4.78, 5) is 14.8. The molecule has 2 aliphatic heterocycles. The van der Waals surface area contributed by atoms with Crippen molar-refractivity contribution < 1.29 is 22.7 Å². The van der Waals surface area contributed by atoms with Crippen molar-refractivity contribution in [2.75, 3.05) is 37.2 Å². The van der Waals surface area contributed by atoms with Gasteiger partial charge in [0, 0.05) is 13.1 Å². The SMILES string of the molecule is Cc1ccc(S(=O)(=O)N2CC(C(=O)N3CCOCC3)Oc3ccccc32)cc1. The van der Waals surface area contributed by atoms with Crippen LogP contribution >= 0.6 is 0 Å². The number of rotatable bonds is 3. The molecule has 2 aliphatic rings. The lowest BCUT2D eigenvalue weighted by atomic mass is 10.2. The molecule has 148 valence electrons. The number of carbonyl (C=O) groups is 1. The molecule has 2 aromatic carbocycles. The molecule has 0 bridgehead atoms. The van der Waals surface area contributed by atoms with Crippen molar-refractivity contribution in [3.8, 4) is 5.75 Å². The monoisotopic (exact) mass is 402 g/mol. The molecule has 1 saturated heterocycles. The summed E-state index contributed by atoms with van der Waals surface area (Å²) < 4.78 is 39.1. The number of para-hydroxylation sites is 2. The first-order valence-corrected chi connectivity index (χ1v) is 10.6. The second-order valence-electron chi connectivity index (χ2n) is 6.86. The van der Waals surface area contributed by atoms with E-state index in [0.717, 1.165) is 5.56 Å². The number of carbonyl (C=O) groups excluding carboxylic acids is 1. The summed E-state index contributed by atoms with van der Waals surface area (Å²) >= 11 is 0. The van der Waals surface area contributed by atoms with Gasteiger partial charge in [0.25, 0.3) is 15.9 Å². The van der Waals surface area contributed by atoms with Gasteiger partial charge in [-0.05, 0) is 31.2 Å². The van der Waals surface area contributed by atoms with Gasteiger partial charge < -0.3 is 14.4 Å². The molecule has 8 heteroatoms. The lowest BCUT2D eigenvalue weighted by Gasteiger charge is -2.37. The molecule has 0 saturated carbocycles. The molecule has 0 radical (unpaired) electrons. The van der Waals surface area contributed by atoms with Gasteiger partial charge in [-0.1, -0.05) is 29.8 Å². The van der Waals surface area contributed by atoms with E-state index in [2.05, 4.69) is 0 Å². The molecule has 1 unspecified atom stereocenters. The number of amides is 1. The summed E-state index contributed by atoms with van der Waals surface area (Å²) in [5, 5.41) is 0. The van der Waals surface area contributed by atoms with Crippen LogP contribution in [-0.4, -0.2) is 58.2 Å². The lowest BCUT2D eigenvalue weighted by Crippen LogP contribution is -2.54. The summed E-state index contributed by atoms with van der Waals surface area (Å²) in [5.74, 6) is 0.165. The molecule has 0 aliphatic carbocycles. The molecule has 0 N–H and O–H groups in total. The number of hydrogen-bond donors (Lipinski definition) is 0. The maximum absolute atomic E-state index is 13.3. The Balaban J connectivity index is 1.69. The topological polar surface area (TPSA) is 76.2 Å². The third kappa shape index (κ3) is 3.45. The van der Waals surface area contributed by atoms with Crippen LogP contribution in [0.5, 0.6) is 5.75 Å². The van der Waals surface area contributed by atoms with Gasteiger partial charge in [-0.3, -0.25) is 9.10 Å². The molecule has 1 amide bonds. The maximum atomic E-state index is 13.3. The molecule has 0 spiro atoms. The van der Waals surface area contributed by atoms with Crippen molar-refractivity contribution in [3.05, 3.63) is 54.1 Å². The highest BCUT2D eigenvalue weighted by Gasteiger charge is 2.39. The van der Waals surface area contributed by atoms with E-state index in [1.807, 2.05) is 6.92 Å². The van der Waals surface area contributed by atoms with Gasteiger partial charge in [0.15, 0.2) is 6.10 Å². The first-order valence-electron chi connectivity index (χ1n) is 9.18. The Morgan fingerprint density at radius 3 is 2.43 bits per heavy atom. The molecule has 7 nitrogen and oxygen atoms in total. The van der Waals surface area contributed by atoms with E-state index in [1.54, 1.807) is 53.4 Å². The van der Waals surface area contributed by atoms with E-state index in [0.29, 0.717) is 37.7 Å². The minimum Gasteiger partial charge on any atom is -0.476 e. The fourth-order valence-corrected chi connectivity index (χ4v) is 4.86. The highest BCUT2D eigenvalue weighted by Crippen LogP contribution is 2.37. The van der Waals surface area contributed by atoms with Crippen molar-refractivity contribution in [2.24, 2.45) is 0 Å². The van der Waals surface area contributed by atoms with Crippen molar-refractivity contribution in [1.82, 2.24) is 4.90 Å². The van der Waals surface area contributed by atoms with Crippen LogP contribution < -0.4 is 9.04 Å². The van der Waals surface area contributed by atoms with Crippen LogP contribution in [0.1, 0.15) is 5.56 Å². The number of aryl methyl sites for hydroxylation is 1. The number of sulfonamides is 1. The van der Waals surface area contributed by atoms with Crippen LogP contribution in [0.2, 0.25) is 0 Å². The fraction of sp³-hybridized carbons (Fsp3) is 0.350. The van der Waals surface area contributed by atoms with Gasteiger partial charge in [0.05, 0.1) is 30.3 Å². The zero-order chi connectivity index (χ0) is 19.7. The number of morpholine rings is 1. The molecule has 2 heterocycles. The van der Waals surface area contributed by atoms with E-state index < -0.39 is 16.1 Å². The molecule has 1 atom stereocenters. The Morgan fingerprint density at radius 2 is 1.71 bits per heavy atom. The van der Waals surface area contributed by atoms with Gasteiger partial charge in [0.2, 0.25) is 0 Å². The number of fused-ring (bicyclic) bond motifs is 1. The van der Waals surface area contributed by atoms with Crippen molar-refractivity contribution >= 4 is 21.6 Å². The highest BCUT2D eigenvalue weighted by atomic mass is 32.2. The smallest absolute Gasteiger partial charge is 0.265 e. The maximum Gasteiger partial charge on any atom is 0.265 e. The minimum absolute atomic E-state index is 0.0661. The normalized spacial score (nSPS) is 19.7. The second-order valence-corrected chi connectivity index (χ2v) is 8.72. The summed E-state index contributed by atoms with van der Waals surface area (Å²) in [5.41, 5.74) is 1.41. The molecule has 4 rings (SSSR count). The van der Waals surface area contributed by atoms with Crippen molar-refractivity contribution in [2.45, 2.75) is 17.9 Å². The first kappa shape index (κ1) is 18.8. The Hall–Kier alpha value is -2.58. The molecule has 2 aromatic rings. The second kappa shape index (κ2) is 7.44. The van der Waals surface area contributed by atoms with Crippen molar-refractivity contribution in [1.29, 1.82) is 0 Å². The number of ether oxygens (including phenoxy) is 2. The molecular weight excluding hydrogens is 380 g/mol. The summed E-state index contributed by atoms with van der Waals surface area (Å²) in [6.45, 7) is 3.73. The quantitative estimate of drug-likeness (QED) is 0.783. The van der Waals surface area contributed by atoms with Crippen LogP contribution in [0, 0.1) is 6.92 Å². The Morgan fingerprint density at radius 1 is 1.04 bits per heavy atom. The Bertz CT molecular complexity index is 968. The standard InChI is InChI=1S/C20H22N2O5S/c1-15-6-8-16(9-7-15)28(24,25)22-14-19(20(23)21-10-12-26-13-11-21)27-18-5-3-2-4-17(18)22/h2-9,19H,10-14H2,1H3. The molecule has 1 fully saturated rings. The van der Waals surface area contributed by atoms with Gasteiger partial charge in [0.1, 0.15) is 5.75 Å². The third-order valence-corrected chi connectivity index (χ3v) is 6.74. The van der Waals surface area contributed by atoms with Crippen LogP contribution in [0.4, 0.5) is 5.69 Å². The molecular formula is C20H22N2O5S. The summed E-state index contributed by atoms with van der Waals surface area (Å²) in [6.07, 6.45) is -0.895. The number of hydrogen-bond acceptors (Lipinski definition) is 5. The van der Waals surface area contributed by atoms with Crippen molar-refractivity contribution in [3.63, 3.8) is 0 Å². The Labute approximate surface area is 164 Å². The van der Waals surface area contributed by atoms with E-state index >= 15 is 0 Å². The number of nitrogens with zero attached hydrogens (tertiary/aromatic N) is 2. The minimum atomic E-state index is -3.83. The van der Waals surface area contributed by atoms with Crippen LogP contribution in [0.3, 0.4) is 0 Å². The third-order valence-electron chi connectivity index (χ3n) is 4.94. The van der Waals surface area contributed by atoms with Crippen LogP contribution in [0.25, 0.3) is 0 Å². The van der Waals surface area contributed by atoms with E-state index in [9.17, 15) is 13.2 Å². The van der Waals surface area contributed by atoms with E-state index in [4.69, 9.17) is 9.47 Å². The fourth-order valence-electron chi connectivity index (χ4n) is 3.38. The van der Waals surface area contributed by atoms with Gasteiger partial charge in [-0.25, -0.2) is 8.42 Å². The zero-order valence-electron chi connectivity index (χ0n) is 15.6. The number of anilines is 1. The van der Waals surface area contributed by atoms with Gasteiger partial charge in [-0.15, -0.1) is 0 Å². The predicted molar refractivity (Wildman–Crippen MR) is 104 cm³/mol. The Kier molecular flexibility index (Phi) is 4.99. The lowest BCUT2D eigenvalue weighted by molar-refractivity contribution is -0.142. The van der Waals surface area contributed by atoms with E-state index in [-0.39, 0.29) is 17.3 Å². The van der Waals surface area contributed by atoms with Gasteiger partial charge in [-0.2, -0.15) is 0 Å². The van der Waals surface area contributed by atoms with Crippen LogP contribution in [0.15, 0.2) is 53.4 Å². The summed E-state index contributed by atoms with van der Waals surface area (Å²) in [6, 6.07) is 13.6. The van der Waals surface area contributed by atoms with E-state index in [1.165, 1.54) is 4.31 Å². The molecule has 0 aromatic heterocycles. The van der Waals surface area contributed by atoms with Gasteiger partial charge >= 0.3 is 0 Å². The largest absolute Gasteiger partial charge is 0.476 e. The van der Waals surface area contributed by atoms with Crippen LogP contribution in [-0.2, 0) is 19.6 Å². The zero-order valence-corrected chi connectivity index (χ0v) is 16.4. The predicted octanol–water partition coefficient (Wildman–Crippen LogP) is 1.81. The average molecular weight is 402 g/mol.